The van der Waals surface area contributed by atoms with Gasteiger partial charge in [-0.2, -0.15) is 0 Å². The van der Waals surface area contributed by atoms with Crippen molar-refractivity contribution in [3.8, 4) is 10.9 Å². The molecule has 0 bridgehead atoms. The first kappa shape index (κ1) is 90.0. The maximum absolute atomic E-state index is 12.8. The monoisotopic (exact) mass is 1700 g/mol. The molecule has 0 spiro atoms. The number of hydrogen-bond acceptors (Lipinski definition) is 18. The van der Waals surface area contributed by atoms with Crippen molar-refractivity contribution in [3.63, 3.8) is 0 Å². The topological polar surface area (TPSA) is 290 Å². The van der Waals surface area contributed by atoms with E-state index in [9.17, 15) is 28.8 Å². The Labute approximate surface area is 718 Å². The van der Waals surface area contributed by atoms with Gasteiger partial charge in [-0.05, 0) is 172 Å². The first-order chi connectivity index (χ1) is 55.4. The third-order valence-corrected chi connectivity index (χ3v) is 30.7. The molecule has 15 rings (SSSR count). The third-order valence-electron chi connectivity index (χ3n) is 23.8. The summed E-state index contributed by atoms with van der Waals surface area (Å²) in [6.45, 7) is 45.2. The molecule has 0 aliphatic heterocycles. The van der Waals surface area contributed by atoms with Crippen LogP contribution in [0.2, 0.25) is 0 Å². The molecule has 0 atom stereocenters. The molecule has 5 N–H and O–H groups in total. The van der Waals surface area contributed by atoms with Gasteiger partial charge < -0.3 is 30.3 Å². The number of nitrogens with zero attached hydrogens (tertiary/aromatic N) is 6. The number of thiazole rings is 5. The van der Waals surface area contributed by atoms with Crippen molar-refractivity contribution < 1.29 is 59.0 Å². The Kier molecular flexibility index (Phi) is 26.0. The molecule has 626 valence electrons. The molecule has 23 heteroatoms. The first-order valence-corrected chi connectivity index (χ1v) is 44.3. The Morgan fingerprint density at radius 1 is 0.294 bits per heavy atom. The molecule has 4 aromatic carbocycles. The average Bonchev–Trinajstić information content (AvgIpc) is 1.65. The van der Waals surface area contributed by atoms with Crippen molar-refractivity contribution in [3.05, 3.63) is 238 Å². The minimum absolute atomic E-state index is 0.0208. The van der Waals surface area contributed by atoms with Crippen molar-refractivity contribution >= 4 is 129 Å². The summed E-state index contributed by atoms with van der Waals surface area (Å²) in [5.74, 6) is -4.23. The molecule has 6 aromatic heterocycles. The summed E-state index contributed by atoms with van der Waals surface area (Å²) in [5, 5.41) is 48.8. The standard InChI is InChI=1S/2C20H23NO2S.C19H22N2O2S.C19H21NO3S.C18H21NO3S/c2*1-19(2)11-12-20(3,4)17-16(19)21-15(24-17)10-7-13-5-8-14(9-6-13)18(22)23;1-18(2)9-10-19(3,4)16-15(18)21-14(24-16)8-7-13-6-5-12(11-20-13)17(22)23;1-18(2)9-10-19(3,4)15-14(18)20-16(24-15)13(21)11-5-7-12(8-6-11)17(22)23;1-17(2)9-10-18(3,4)14-13(17)19-16(23-14)22-12-7-5-11(6-8-12)15(20)21/h2*5-10H,11-12H2,1-4H3,(H,22,23);5-8,11H,9-10H2,1-4H3,(H,22,23);5-8H,9-10H2,1-4H3,(H,22,23);5-8H,9-10H2,1-4H3,(H,20,21)/b10-7+;10-7-;8-7+;;. The van der Waals surface area contributed by atoms with E-state index in [2.05, 4.69) is 148 Å². The van der Waals surface area contributed by atoms with Crippen LogP contribution in [0, 0.1) is 0 Å². The number of carboxylic acid groups (broad SMARTS) is 5. The molecule has 18 nitrogen and oxygen atoms in total. The zero-order valence-corrected chi connectivity index (χ0v) is 75.9. The smallest absolute Gasteiger partial charge is 0.337 e. The Bertz CT molecular complexity index is 5050. The van der Waals surface area contributed by atoms with Crippen LogP contribution in [0.1, 0.15) is 355 Å². The van der Waals surface area contributed by atoms with E-state index in [1.54, 1.807) is 118 Å². The van der Waals surface area contributed by atoms with Crippen LogP contribution in [0.5, 0.6) is 10.9 Å². The number of ether oxygens (including phenoxy) is 1. The Hall–Kier alpha value is -9.78. The lowest BCUT2D eigenvalue weighted by Crippen LogP contribution is -2.32. The van der Waals surface area contributed by atoms with Crippen LogP contribution in [0.3, 0.4) is 0 Å². The Morgan fingerprint density at radius 2 is 0.563 bits per heavy atom. The van der Waals surface area contributed by atoms with Gasteiger partial charge in [-0.25, -0.2) is 48.9 Å². The summed E-state index contributed by atoms with van der Waals surface area (Å²) in [4.78, 5) is 102. The molecular formula is C96H110N6O12S5. The zero-order valence-electron chi connectivity index (χ0n) is 71.8. The van der Waals surface area contributed by atoms with Crippen LogP contribution in [-0.4, -0.2) is 91.1 Å². The van der Waals surface area contributed by atoms with Crippen LogP contribution in [0.4, 0.5) is 0 Å². The number of ketones is 1. The van der Waals surface area contributed by atoms with Gasteiger partial charge in [-0.15, -0.1) is 45.3 Å². The molecule has 6 heterocycles. The molecule has 0 saturated heterocycles. The number of fused-ring (bicyclic) bond motifs is 5. The second-order valence-electron chi connectivity index (χ2n) is 38.2. The second kappa shape index (κ2) is 34.4. The number of benzene rings is 4. The molecule has 0 amide bonds. The highest BCUT2D eigenvalue weighted by Gasteiger charge is 2.46. The molecule has 0 unspecified atom stereocenters. The predicted octanol–water partition coefficient (Wildman–Crippen LogP) is 24.9. The largest absolute Gasteiger partial charge is 0.478 e. The van der Waals surface area contributed by atoms with Gasteiger partial charge in [0.2, 0.25) is 5.78 Å². The lowest BCUT2D eigenvalue weighted by Gasteiger charge is -2.37. The second-order valence-corrected chi connectivity index (χ2v) is 43.2. The van der Waals surface area contributed by atoms with Gasteiger partial charge in [0, 0.05) is 90.3 Å². The fourth-order valence-electron chi connectivity index (χ4n) is 15.1. The van der Waals surface area contributed by atoms with Crippen LogP contribution < -0.4 is 4.74 Å². The highest BCUT2D eigenvalue weighted by atomic mass is 32.1. The summed E-state index contributed by atoms with van der Waals surface area (Å²) >= 11 is 8.39. The number of aromatic nitrogens is 6. The summed E-state index contributed by atoms with van der Waals surface area (Å²) in [7, 11) is 0. The van der Waals surface area contributed by atoms with Crippen LogP contribution in [0.25, 0.3) is 36.5 Å². The van der Waals surface area contributed by atoms with Crippen molar-refractivity contribution in [2.75, 3.05) is 0 Å². The van der Waals surface area contributed by atoms with Crippen molar-refractivity contribution in [1.82, 2.24) is 29.9 Å². The van der Waals surface area contributed by atoms with E-state index in [0.717, 1.165) is 88.2 Å². The van der Waals surface area contributed by atoms with E-state index in [4.69, 9.17) is 50.2 Å². The molecule has 0 radical (unpaired) electrons. The minimum Gasteiger partial charge on any atom is -0.478 e. The van der Waals surface area contributed by atoms with E-state index in [-0.39, 0.29) is 76.6 Å². The average molecular weight is 1700 g/mol. The first-order valence-electron chi connectivity index (χ1n) is 40.3. The maximum Gasteiger partial charge on any atom is 0.337 e. The van der Waals surface area contributed by atoms with Crippen LogP contribution in [0.15, 0.2) is 115 Å². The van der Waals surface area contributed by atoms with E-state index in [1.807, 2.05) is 60.7 Å². The van der Waals surface area contributed by atoms with Crippen molar-refractivity contribution in [2.24, 2.45) is 0 Å². The summed E-state index contributed by atoms with van der Waals surface area (Å²) in [6.07, 6.45) is 24.7. The molecule has 0 saturated carbocycles. The highest BCUT2D eigenvalue weighted by Crippen LogP contribution is 2.54. The van der Waals surface area contributed by atoms with E-state index in [1.165, 1.54) is 90.4 Å². The van der Waals surface area contributed by atoms with Gasteiger partial charge >= 0.3 is 29.8 Å². The van der Waals surface area contributed by atoms with Gasteiger partial charge in [0.25, 0.3) is 5.19 Å². The lowest BCUT2D eigenvalue weighted by molar-refractivity contribution is 0.0685. The van der Waals surface area contributed by atoms with Gasteiger partial charge in [0.1, 0.15) is 20.8 Å². The summed E-state index contributed by atoms with van der Waals surface area (Å²) in [6, 6.07) is 29.5. The number of hydrogen-bond donors (Lipinski definition) is 5. The Balaban J connectivity index is 0.000000146. The fourth-order valence-corrected chi connectivity index (χ4v) is 21.5. The highest BCUT2D eigenvalue weighted by molar-refractivity contribution is 7.14. The van der Waals surface area contributed by atoms with Gasteiger partial charge in [0.05, 0.1) is 62.0 Å². The van der Waals surface area contributed by atoms with Gasteiger partial charge in [-0.1, -0.05) is 198 Å². The number of pyridine rings is 1. The van der Waals surface area contributed by atoms with Crippen LogP contribution in [-0.2, 0) is 54.1 Å². The molecule has 10 aromatic rings. The Morgan fingerprint density at radius 3 is 0.866 bits per heavy atom. The van der Waals surface area contributed by atoms with Gasteiger partial charge in [0.15, 0.2) is 5.01 Å². The number of rotatable bonds is 15. The lowest BCUT2D eigenvalue weighted by atomic mass is 9.69. The van der Waals surface area contributed by atoms with E-state index >= 15 is 0 Å². The molecule has 5 aliphatic rings. The van der Waals surface area contributed by atoms with E-state index < -0.39 is 29.8 Å². The number of carbonyl (C=O) groups is 6. The molecular weight excluding hydrogens is 1590 g/mol. The minimum atomic E-state index is -0.998. The van der Waals surface area contributed by atoms with Crippen molar-refractivity contribution in [2.45, 2.75) is 257 Å². The SMILES string of the molecule is CC1(C)CCC(C)(C)c2sc(/C=C/c3ccc(C(=O)O)cc3)nc21.CC1(C)CCC(C)(C)c2sc(/C=C/c3ccc(C(=O)O)cn3)nc21.CC1(C)CCC(C)(C)c2sc(/C=C\c3ccc(C(=O)O)cc3)nc21.CC1(C)CCC(C)(C)c2sc(C(=O)c3ccc(C(=O)O)cc3)nc21.CC1(C)CCC(C)(C)c2sc(Oc3ccc(C(=O)O)cc3)nc21. The molecule has 5 aliphatic carbocycles. The quantitative estimate of drug-likeness (QED) is 0.0596. The zero-order chi connectivity index (χ0) is 87.1. The van der Waals surface area contributed by atoms with Gasteiger partial charge in [-0.3, -0.25) is 9.78 Å². The van der Waals surface area contributed by atoms with Crippen LogP contribution >= 0.6 is 56.7 Å². The molecule has 0 fully saturated rings. The number of carboxylic acids is 5. The maximum atomic E-state index is 12.8. The summed E-state index contributed by atoms with van der Waals surface area (Å²) < 4.78 is 5.87. The normalized spacial score (nSPS) is 18.4. The predicted molar refractivity (Wildman–Crippen MR) is 482 cm³/mol. The summed E-state index contributed by atoms with van der Waals surface area (Å²) in [5.41, 5.74) is 11.4. The number of aromatic carboxylic acids is 5. The third kappa shape index (κ3) is 20.8. The van der Waals surface area contributed by atoms with Crippen molar-refractivity contribution in [1.29, 1.82) is 0 Å². The number of carbonyl (C=O) groups excluding carboxylic acids is 1. The van der Waals surface area contributed by atoms with E-state index in [0.29, 0.717) is 32.6 Å². The molecule has 119 heavy (non-hydrogen) atoms. The fraction of sp³-hybridized carbons (Fsp3) is 0.417.